The number of ether oxygens (including phenoxy) is 1. The van der Waals surface area contributed by atoms with Crippen LogP contribution >= 0.6 is 11.8 Å². The lowest BCUT2D eigenvalue weighted by atomic mass is 10.1. The molecule has 1 saturated heterocycles. The largest absolute Gasteiger partial charge is 0.455 e. The number of amides is 2. The summed E-state index contributed by atoms with van der Waals surface area (Å²) in [5.41, 5.74) is 0.780. The number of carbonyl (C=O) groups excluding carboxylic acids is 3. The van der Waals surface area contributed by atoms with Gasteiger partial charge in [-0.05, 0) is 30.9 Å². The van der Waals surface area contributed by atoms with Crippen LogP contribution in [0.5, 0.6) is 0 Å². The Balaban J connectivity index is 1.91. The van der Waals surface area contributed by atoms with Crippen LogP contribution in [0.25, 0.3) is 0 Å². The minimum atomic E-state index is -0.533. The van der Waals surface area contributed by atoms with Gasteiger partial charge in [-0.15, -0.1) is 11.8 Å². The number of hydrogen-bond donors (Lipinski definition) is 1. The summed E-state index contributed by atoms with van der Waals surface area (Å²) in [6.45, 7) is 2.48. The predicted octanol–water partition coefficient (Wildman–Crippen LogP) is 1.83. The maximum Gasteiger partial charge on any atom is 0.311 e. The second kappa shape index (κ2) is 8.73. The molecule has 24 heavy (non-hydrogen) atoms. The first kappa shape index (κ1) is 18.3. The normalized spacial score (nSPS) is 17.0. The Kier molecular flexibility index (Phi) is 6.66. The standard InChI is InChI=1S/C17H22N2O4S/c1-3-7-18-15(20)11-23-17(22)12-8-16(21)19(10-12)13-5-4-6-14(9-13)24-2/h4-6,9,12H,3,7-8,10-11H2,1-2H3,(H,18,20)/t12-/m0/s1. The van der Waals surface area contributed by atoms with E-state index in [0.29, 0.717) is 6.54 Å². The van der Waals surface area contributed by atoms with Crippen molar-refractivity contribution in [2.75, 3.05) is 30.9 Å². The Morgan fingerprint density at radius 2 is 2.21 bits per heavy atom. The van der Waals surface area contributed by atoms with Crippen LogP contribution in [0, 0.1) is 5.92 Å². The highest BCUT2D eigenvalue weighted by Gasteiger charge is 2.36. The van der Waals surface area contributed by atoms with Crippen molar-refractivity contribution in [3.63, 3.8) is 0 Å². The van der Waals surface area contributed by atoms with Crippen LogP contribution < -0.4 is 10.2 Å². The van der Waals surface area contributed by atoms with Crippen LogP contribution in [0.1, 0.15) is 19.8 Å². The molecule has 1 aromatic carbocycles. The zero-order valence-corrected chi connectivity index (χ0v) is 14.7. The zero-order valence-electron chi connectivity index (χ0n) is 13.9. The van der Waals surface area contributed by atoms with E-state index in [2.05, 4.69) is 5.32 Å². The Morgan fingerprint density at radius 3 is 2.92 bits per heavy atom. The highest BCUT2D eigenvalue weighted by molar-refractivity contribution is 7.98. The number of nitrogens with zero attached hydrogens (tertiary/aromatic N) is 1. The third kappa shape index (κ3) is 4.74. The van der Waals surface area contributed by atoms with Crippen LogP contribution in [0.15, 0.2) is 29.2 Å². The van der Waals surface area contributed by atoms with Crippen LogP contribution in [0.2, 0.25) is 0 Å². The van der Waals surface area contributed by atoms with Gasteiger partial charge in [0.15, 0.2) is 6.61 Å². The first-order valence-electron chi connectivity index (χ1n) is 7.93. The topological polar surface area (TPSA) is 75.7 Å². The summed E-state index contributed by atoms with van der Waals surface area (Å²) in [6.07, 6.45) is 2.90. The number of carbonyl (C=O) groups is 3. The number of thioether (sulfide) groups is 1. The molecule has 1 aliphatic rings. The van der Waals surface area contributed by atoms with Crippen molar-refractivity contribution < 1.29 is 19.1 Å². The van der Waals surface area contributed by atoms with Crippen LogP contribution in [0.3, 0.4) is 0 Å². The molecule has 1 atom stereocenters. The number of hydrogen-bond acceptors (Lipinski definition) is 5. The van der Waals surface area contributed by atoms with E-state index in [1.807, 2.05) is 37.4 Å². The molecule has 2 amide bonds. The molecule has 130 valence electrons. The number of nitrogens with one attached hydrogen (secondary N) is 1. The fraction of sp³-hybridized carbons (Fsp3) is 0.471. The van der Waals surface area contributed by atoms with Gasteiger partial charge in [-0.25, -0.2) is 0 Å². The summed E-state index contributed by atoms with van der Waals surface area (Å²) < 4.78 is 5.03. The first-order chi connectivity index (χ1) is 11.5. The summed E-state index contributed by atoms with van der Waals surface area (Å²) in [6, 6.07) is 7.63. The van der Waals surface area contributed by atoms with Gasteiger partial charge in [0.25, 0.3) is 5.91 Å². The fourth-order valence-corrected chi connectivity index (χ4v) is 2.92. The Labute approximate surface area is 145 Å². The van der Waals surface area contributed by atoms with E-state index in [4.69, 9.17) is 4.74 Å². The Hall–Kier alpha value is -2.02. The fourth-order valence-electron chi connectivity index (χ4n) is 2.46. The van der Waals surface area contributed by atoms with Gasteiger partial charge >= 0.3 is 5.97 Å². The summed E-state index contributed by atoms with van der Waals surface area (Å²) in [5.74, 6) is -1.46. The molecule has 1 heterocycles. The number of benzene rings is 1. The average molecular weight is 350 g/mol. The van der Waals surface area contributed by atoms with Crippen molar-refractivity contribution in [2.24, 2.45) is 5.92 Å². The molecule has 0 aromatic heterocycles. The maximum absolute atomic E-state index is 12.2. The molecular weight excluding hydrogens is 328 g/mol. The quantitative estimate of drug-likeness (QED) is 0.600. The van der Waals surface area contributed by atoms with Crippen molar-refractivity contribution in [1.82, 2.24) is 5.32 Å². The summed E-state index contributed by atoms with van der Waals surface area (Å²) in [5, 5.41) is 2.64. The first-order valence-corrected chi connectivity index (χ1v) is 9.15. The van der Waals surface area contributed by atoms with Crippen molar-refractivity contribution in [3.8, 4) is 0 Å². The van der Waals surface area contributed by atoms with Gasteiger partial charge in [0.05, 0.1) is 5.92 Å². The molecule has 6 nitrogen and oxygen atoms in total. The van der Waals surface area contributed by atoms with Crippen molar-refractivity contribution in [2.45, 2.75) is 24.7 Å². The molecule has 7 heteroatoms. The molecule has 0 bridgehead atoms. The lowest BCUT2D eigenvalue weighted by Crippen LogP contribution is -2.31. The second-order valence-electron chi connectivity index (χ2n) is 5.56. The molecule has 1 aliphatic heterocycles. The number of rotatable bonds is 7. The van der Waals surface area contributed by atoms with Crippen molar-refractivity contribution in [3.05, 3.63) is 24.3 Å². The summed E-state index contributed by atoms with van der Waals surface area (Å²) in [4.78, 5) is 38.4. The van der Waals surface area contributed by atoms with Gasteiger partial charge in [-0.2, -0.15) is 0 Å². The second-order valence-corrected chi connectivity index (χ2v) is 6.44. The van der Waals surface area contributed by atoms with Gasteiger partial charge in [-0.1, -0.05) is 13.0 Å². The molecule has 1 N–H and O–H groups in total. The van der Waals surface area contributed by atoms with Crippen molar-refractivity contribution >= 4 is 35.2 Å². The van der Waals surface area contributed by atoms with Crippen molar-refractivity contribution in [1.29, 1.82) is 0 Å². The van der Waals surface area contributed by atoms with E-state index >= 15 is 0 Å². The third-order valence-corrected chi connectivity index (χ3v) is 4.47. The van der Waals surface area contributed by atoms with E-state index in [9.17, 15) is 14.4 Å². The lowest BCUT2D eigenvalue weighted by Gasteiger charge is -2.17. The van der Waals surface area contributed by atoms with Gasteiger partial charge in [0, 0.05) is 30.1 Å². The van der Waals surface area contributed by atoms with Crippen LogP contribution in [-0.4, -0.2) is 43.7 Å². The van der Waals surface area contributed by atoms with Gasteiger partial charge in [0.1, 0.15) is 0 Å². The SMILES string of the molecule is CCCNC(=O)COC(=O)[C@H]1CC(=O)N(c2cccc(SC)c2)C1. The van der Waals surface area contributed by atoms with E-state index in [1.54, 1.807) is 16.7 Å². The Morgan fingerprint density at radius 1 is 1.42 bits per heavy atom. The zero-order chi connectivity index (χ0) is 17.5. The smallest absolute Gasteiger partial charge is 0.311 e. The Bertz CT molecular complexity index is 620. The van der Waals surface area contributed by atoms with E-state index in [0.717, 1.165) is 17.0 Å². The minimum Gasteiger partial charge on any atom is -0.455 e. The molecular formula is C17H22N2O4S. The van der Waals surface area contributed by atoms with E-state index in [1.165, 1.54) is 0 Å². The molecule has 0 radical (unpaired) electrons. The number of anilines is 1. The highest BCUT2D eigenvalue weighted by atomic mass is 32.2. The lowest BCUT2D eigenvalue weighted by molar-refractivity contribution is -0.152. The van der Waals surface area contributed by atoms with Gasteiger partial charge in [0.2, 0.25) is 5.91 Å². The van der Waals surface area contributed by atoms with Crippen LogP contribution in [-0.2, 0) is 19.1 Å². The molecule has 0 aliphatic carbocycles. The van der Waals surface area contributed by atoms with Gasteiger partial charge < -0.3 is 15.0 Å². The molecule has 0 unspecified atom stereocenters. The molecule has 1 fully saturated rings. The van der Waals surface area contributed by atoms with E-state index < -0.39 is 11.9 Å². The maximum atomic E-state index is 12.2. The molecule has 2 rings (SSSR count). The molecule has 0 saturated carbocycles. The summed E-state index contributed by atoms with van der Waals surface area (Å²) in [7, 11) is 0. The van der Waals surface area contributed by atoms with Gasteiger partial charge in [-0.3, -0.25) is 14.4 Å². The minimum absolute atomic E-state index is 0.106. The van der Waals surface area contributed by atoms with Crippen LogP contribution in [0.4, 0.5) is 5.69 Å². The highest BCUT2D eigenvalue weighted by Crippen LogP contribution is 2.28. The summed E-state index contributed by atoms with van der Waals surface area (Å²) >= 11 is 1.59. The third-order valence-electron chi connectivity index (χ3n) is 3.74. The molecule has 0 spiro atoms. The monoisotopic (exact) mass is 350 g/mol. The number of esters is 1. The predicted molar refractivity (Wildman–Crippen MR) is 92.9 cm³/mol. The molecule has 1 aromatic rings. The van der Waals surface area contributed by atoms with E-state index in [-0.39, 0.29) is 31.4 Å². The average Bonchev–Trinajstić information content (AvgIpc) is 2.99.